The van der Waals surface area contributed by atoms with Crippen molar-refractivity contribution < 1.29 is 10.2 Å². The van der Waals surface area contributed by atoms with E-state index in [0.717, 1.165) is 42.9 Å². The van der Waals surface area contributed by atoms with E-state index in [1.54, 1.807) is 0 Å². The first-order chi connectivity index (χ1) is 12.2. The molecule has 0 bridgehead atoms. The highest BCUT2D eigenvalue weighted by atomic mass is 16.3. The van der Waals surface area contributed by atoms with Crippen LogP contribution in [0.15, 0.2) is 0 Å². The van der Waals surface area contributed by atoms with E-state index < -0.39 is 12.2 Å². The molecular formula is C23H41NO2. The fourth-order valence-electron chi connectivity index (χ4n) is 8.51. The van der Waals surface area contributed by atoms with E-state index in [-0.39, 0.29) is 5.41 Å². The summed E-state index contributed by atoms with van der Waals surface area (Å²) in [6.45, 7) is 7.50. The summed E-state index contributed by atoms with van der Waals surface area (Å²) in [4.78, 5) is 2.43. The molecule has 3 nitrogen and oxygen atoms in total. The standard InChI is InChI=1S/C23H41NO2/c1-14(24(4)5)16-8-9-17-15-6-7-19-21(26)20(25)11-13-23(19,3)18(15)10-12-22(16,17)2/h14-21,25-26H,6-13H2,1-5H3/t14-,15+,16+,17-,18+,19+,20+,21+,22-,23+/m1/s1. The molecule has 4 aliphatic rings. The zero-order chi connectivity index (χ0) is 18.9. The molecule has 0 amide bonds. The van der Waals surface area contributed by atoms with Gasteiger partial charge in [-0.05, 0) is 113 Å². The molecule has 0 radical (unpaired) electrons. The van der Waals surface area contributed by atoms with Crippen LogP contribution in [0.1, 0.15) is 72.1 Å². The lowest BCUT2D eigenvalue weighted by Crippen LogP contribution is -2.58. The van der Waals surface area contributed by atoms with E-state index in [0.29, 0.717) is 17.4 Å². The molecule has 4 fully saturated rings. The molecular weight excluding hydrogens is 322 g/mol. The number of aliphatic hydroxyl groups is 2. The maximum Gasteiger partial charge on any atom is 0.0832 e. The lowest BCUT2D eigenvalue weighted by molar-refractivity contribution is -0.174. The second-order valence-electron chi connectivity index (χ2n) is 11.1. The van der Waals surface area contributed by atoms with Gasteiger partial charge in [0.05, 0.1) is 12.2 Å². The summed E-state index contributed by atoms with van der Waals surface area (Å²) in [6, 6.07) is 0.667. The average Bonchev–Trinajstić information content (AvgIpc) is 2.95. The molecule has 4 rings (SSSR count). The van der Waals surface area contributed by atoms with Crippen molar-refractivity contribution >= 4 is 0 Å². The quantitative estimate of drug-likeness (QED) is 0.781. The van der Waals surface area contributed by atoms with Gasteiger partial charge in [0.1, 0.15) is 0 Å². The van der Waals surface area contributed by atoms with E-state index in [1.807, 2.05) is 0 Å². The first kappa shape index (κ1) is 19.2. The molecule has 0 aliphatic heterocycles. The third kappa shape index (κ3) is 2.56. The van der Waals surface area contributed by atoms with Crippen LogP contribution < -0.4 is 0 Å². The van der Waals surface area contributed by atoms with Crippen LogP contribution in [0.4, 0.5) is 0 Å². The monoisotopic (exact) mass is 363 g/mol. The van der Waals surface area contributed by atoms with Gasteiger partial charge in [-0.1, -0.05) is 13.8 Å². The highest BCUT2D eigenvalue weighted by Gasteiger charge is 2.62. The minimum absolute atomic E-state index is 0.244. The fraction of sp³-hybridized carbons (Fsp3) is 1.00. The number of fused-ring (bicyclic) bond motifs is 5. The Morgan fingerprint density at radius 2 is 1.42 bits per heavy atom. The van der Waals surface area contributed by atoms with Gasteiger partial charge in [-0.15, -0.1) is 0 Å². The Labute approximate surface area is 160 Å². The van der Waals surface area contributed by atoms with Crippen molar-refractivity contribution in [3.63, 3.8) is 0 Å². The molecule has 0 saturated heterocycles. The van der Waals surface area contributed by atoms with Crippen molar-refractivity contribution in [3.05, 3.63) is 0 Å². The van der Waals surface area contributed by atoms with Crippen molar-refractivity contribution in [2.45, 2.75) is 90.4 Å². The van der Waals surface area contributed by atoms with Gasteiger partial charge in [0, 0.05) is 6.04 Å². The first-order valence-corrected chi connectivity index (χ1v) is 11.2. The highest BCUT2D eigenvalue weighted by molar-refractivity contribution is 5.11. The lowest BCUT2D eigenvalue weighted by Gasteiger charge is -2.62. The first-order valence-electron chi connectivity index (χ1n) is 11.2. The van der Waals surface area contributed by atoms with E-state index in [4.69, 9.17) is 0 Å². The van der Waals surface area contributed by atoms with Crippen molar-refractivity contribution in [2.24, 2.45) is 40.4 Å². The van der Waals surface area contributed by atoms with E-state index in [1.165, 1.54) is 32.1 Å². The second kappa shape index (κ2) is 6.46. The van der Waals surface area contributed by atoms with Gasteiger partial charge in [-0.25, -0.2) is 0 Å². The predicted octanol–water partition coefficient (Wildman–Crippen LogP) is 3.93. The molecule has 10 atom stereocenters. The number of nitrogens with zero attached hydrogens (tertiary/aromatic N) is 1. The Kier molecular flexibility index (Phi) is 4.77. The largest absolute Gasteiger partial charge is 0.390 e. The fourth-order valence-corrected chi connectivity index (χ4v) is 8.51. The molecule has 0 aromatic heterocycles. The summed E-state index contributed by atoms with van der Waals surface area (Å²) in [6.07, 6.45) is 8.82. The third-order valence-electron chi connectivity index (χ3n) is 10.2. The van der Waals surface area contributed by atoms with Crippen LogP contribution in [0.25, 0.3) is 0 Å². The van der Waals surface area contributed by atoms with Gasteiger partial charge in [0.25, 0.3) is 0 Å². The summed E-state index contributed by atoms with van der Waals surface area (Å²) >= 11 is 0. The van der Waals surface area contributed by atoms with E-state index in [2.05, 4.69) is 39.8 Å². The Bertz CT molecular complexity index is 536. The van der Waals surface area contributed by atoms with Crippen LogP contribution in [0.3, 0.4) is 0 Å². The summed E-state index contributed by atoms with van der Waals surface area (Å²) in [5, 5.41) is 20.9. The van der Waals surface area contributed by atoms with Gasteiger partial charge in [0.15, 0.2) is 0 Å². The smallest absolute Gasteiger partial charge is 0.0832 e. The van der Waals surface area contributed by atoms with Crippen molar-refractivity contribution in [3.8, 4) is 0 Å². The molecule has 4 saturated carbocycles. The number of aliphatic hydroxyl groups excluding tert-OH is 2. The van der Waals surface area contributed by atoms with Gasteiger partial charge < -0.3 is 15.1 Å². The molecule has 26 heavy (non-hydrogen) atoms. The van der Waals surface area contributed by atoms with E-state index in [9.17, 15) is 10.2 Å². The summed E-state index contributed by atoms with van der Waals surface area (Å²) in [7, 11) is 4.49. The molecule has 0 heterocycles. The maximum atomic E-state index is 10.7. The van der Waals surface area contributed by atoms with Gasteiger partial charge in [-0.3, -0.25) is 0 Å². The van der Waals surface area contributed by atoms with Crippen LogP contribution in [0.2, 0.25) is 0 Å². The lowest BCUT2D eigenvalue weighted by atomic mass is 9.44. The second-order valence-corrected chi connectivity index (χ2v) is 11.1. The SMILES string of the molecule is C[C@H]([C@@H]1CC[C@@H]2[C@@H]3CC[C@H]4[C@H](O)[C@@H](O)CC[C@@]4(C)[C@H]3CC[C@@]21C)N(C)C. The van der Waals surface area contributed by atoms with Gasteiger partial charge >= 0.3 is 0 Å². The minimum atomic E-state index is -0.493. The van der Waals surface area contributed by atoms with Crippen molar-refractivity contribution in [2.75, 3.05) is 14.1 Å². The van der Waals surface area contributed by atoms with Crippen LogP contribution in [0.5, 0.6) is 0 Å². The van der Waals surface area contributed by atoms with Crippen molar-refractivity contribution in [1.82, 2.24) is 4.90 Å². The molecule has 0 aromatic rings. The Morgan fingerprint density at radius 3 is 2.12 bits per heavy atom. The highest BCUT2D eigenvalue weighted by Crippen LogP contribution is 2.67. The maximum absolute atomic E-state index is 10.7. The Hall–Kier alpha value is -0.120. The van der Waals surface area contributed by atoms with Crippen LogP contribution >= 0.6 is 0 Å². The van der Waals surface area contributed by atoms with Crippen molar-refractivity contribution in [1.29, 1.82) is 0 Å². The average molecular weight is 364 g/mol. The zero-order valence-electron chi connectivity index (χ0n) is 17.6. The van der Waals surface area contributed by atoms with Gasteiger partial charge in [0.2, 0.25) is 0 Å². The molecule has 0 spiro atoms. The molecule has 0 unspecified atom stereocenters. The van der Waals surface area contributed by atoms with Crippen LogP contribution in [-0.4, -0.2) is 47.5 Å². The molecule has 4 aliphatic carbocycles. The van der Waals surface area contributed by atoms with Gasteiger partial charge in [-0.2, -0.15) is 0 Å². The van der Waals surface area contributed by atoms with E-state index >= 15 is 0 Å². The zero-order valence-corrected chi connectivity index (χ0v) is 17.6. The molecule has 0 aromatic carbocycles. The number of hydrogen-bond acceptors (Lipinski definition) is 3. The predicted molar refractivity (Wildman–Crippen MR) is 106 cm³/mol. The number of hydrogen-bond donors (Lipinski definition) is 2. The third-order valence-corrected chi connectivity index (χ3v) is 10.2. The molecule has 3 heteroatoms. The minimum Gasteiger partial charge on any atom is -0.390 e. The molecule has 150 valence electrons. The Morgan fingerprint density at radius 1 is 0.808 bits per heavy atom. The Balaban J connectivity index is 1.59. The van der Waals surface area contributed by atoms with Crippen LogP contribution in [-0.2, 0) is 0 Å². The molecule has 2 N–H and O–H groups in total. The normalized spacial score (nSPS) is 55.2. The van der Waals surface area contributed by atoms with Crippen LogP contribution in [0, 0.1) is 40.4 Å². The summed E-state index contributed by atoms with van der Waals surface area (Å²) in [5.74, 6) is 3.62. The number of rotatable bonds is 2. The topological polar surface area (TPSA) is 43.7 Å². The summed E-state index contributed by atoms with van der Waals surface area (Å²) < 4.78 is 0. The summed E-state index contributed by atoms with van der Waals surface area (Å²) in [5.41, 5.74) is 0.745.